The second-order valence-electron chi connectivity index (χ2n) is 4.23. The van der Waals surface area contributed by atoms with Crippen molar-refractivity contribution in [2.75, 3.05) is 6.61 Å². The SMILES string of the molecule is CC1NC(=O)COC1C1=CC(F)=C(F)C(F)=CC1. The first kappa shape index (κ1) is 12.9. The highest BCUT2D eigenvalue weighted by molar-refractivity contribution is 5.78. The summed E-state index contributed by atoms with van der Waals surface area (Å²) in [5.74, 6) is -4.25. The zero-order valence-electron chi connectivity index (χ0n) is 9.67. The smallest absolute Gasteiger partial charge is 0.246 e. The van der Waals surface area contributed by atoms with Crippen LogP contribution in [0.3, 0.4) is 0 Å². The maximum atomic E-state index is 13.3. The molecule has 0 aromatic carbocycles. The van der Waals surface area contributed by atoms with Gasteiger partial charge in [0, 0.05) is 0 Å². The summed E-state index contributed by atoms with van der Waals surface area (Å²) in [6.07, 6.45) is 1.35. The summed E-state index contributed by atoms with van der Waals surface area (Å²) in [5, 5.41) is 2.63. The third-order valence-electron chi connectivity index (χ3n) is 2.85. The Labute approximate surface area is 102 Å². The van der Waals surface area contributed by atoms with Gasteiger partial charge >= 0.3 is 0 Å². The van der Waals surface area contributed by atoms with E-state index in [1.165, 1.54) is 0 Å². The first-order chi connectivity index (χ1) is 8.49. The van der Waals surface area contributed by atoms with Crippen molar-refractivity contribution in [1.82, 2.24) is 5.32 Å². The van der Waals surface area contributed by atoms with Crippen molar-refractivity contribution >= 4 is 5.91 Å². The molecule has 1 amide bonds. The number of ether oxygens (including phenoxy) is 1. The van der Waals surface area contributed by atoms with Gasteiger partial charge in [0.2, 0.25) is 5.91 Å². The van der Waals surface area contributed by atoms with E-state index in [0.717, 1.165) is 12.2 Å². The highest BCUT2D eigenvalue weighted by atomic mass is 19.2. The molecule has 6 heteroatoms. The molecule has 1 fully saturated rings. The monoisotopic (exact) mass is 259 g/mol. The highest BCUT2D eigenvalue weighted by Gasteiger charge is 2.30. The molecule has 98 valence electrons. The molecule has 0 bridgehead atoms. The zero-order valence-corrected chi connectivity index (χ0v) is 9.67. The lowest BCUT2D eigenvalue weighted by molar-refractivity contribution is -0.134. The summed E-state index contributed by atoms with van der Waals surface area (Å²) in [5.41, 5.74) is 0.391. The van der Waals surface area contributed by atoms with Crippen LogP contribution >= 0.6 is 0 Å². The van der Waals surface area contributed by atoms with E-state index in [-0.39, 0.29) is 25.0 Å². The van der Waals surface area contributed by atoms with Crippen LogP contribution in [-0.2, 0) is 9.53 Å². The zero-order chi connectivity index (χ0) is 13.3. The minimum absolute atomic E-state index is 0.0392. The number of carbonyl (C=O) groups excluding carboxylic acids is 1. The quantitative estimate of drug-likeness (QED) is 0.784. The maximum Gasteiger partial charge on any atom is 0.246 e. The predicted molar refractivity (Wildman–Crippen MR) is 58.5 cm³/mol. The van der Waals surface area contributed by atoms with Crippen LogP contribution in [0.2, 0.25) is 0 Å². The van der Waals surface area contributed by atoms with E-state index in [1.54, 1.807) is 6.92 Å². The Bertz CT molecular complexity index is 468. The van der Waals surface area contributed by atoms with Gasteiger partial charge in [-0.15, -0.1) is 0 Å². The van der Waals surface area contributed by atoms with Gasteiger partial charge in [0.15, 0.2) is 17.5 Å². The predicted octanol–water partition coefficient (Wildman–Crippen LogP) is 2.22. The van der Waals surface area contributed by atoms with E-state index in [4.69, 9.17) is 4.74 Å². The average molecular weight is 259 g/mol. The molecule has 1 aliphatic heterocycles. The number of allylic oxidation sites excluding steroid dienone is 5. The molecule has 18 heavy (non-hydrogen) atoms. The van der Waals surface area contributed by atoms with Gasteiger partial charge in [-0.1, -0.05) is 0 Å². The number of hydrogen-bond donors (Lipinski definition) is 1. The highest BCUT2D eigenvalue weighted by Crippen LogP contribution is 2.29. The van der Waals surface area contributed by atoms with Crippen molar-refractivity contribution in [2.45, 2.75) is 25.5 Å². The van der Waals surface area contributed by atoms with Crippen molar-refractivity contribution in [3.05, 3.63) is 35.2 Å². The van der Waals surface area contributed by atoms with Crippen LogP contribution in [-0.4, -0.2) is 24.7 Å². The van der Waals surface area contributed by atoms with Crippen LogP contribution in [0.4, 0.5) is 13.2 Å². The molecule has 0 aromatic heterocycles. The van der Waals surface area contributed by atoms with Crippen molar-refractivity contribution < 1.29 is 22.7 Å². The second kappa shape index (κ2) is 4.97. The molecule has 0 saturated carbocycles. The molecular weight excluding hydrogens is 247 g/mol. The van der Waals surface area contributed by atoms with Gasteiger partial charge in [-0.2, -0.15) is 0 Å². The Morgan fingerprint density at radius 3 is 2.78 bits per heavy atom. The van der Waals surface area contributed by atoms with Gasteiger partial charge in [0.1, 0.15) is 6.61 Å². The van der Waals surface area contributed by atoms with Crippen LogP contribution < -0.4 is 5.32 Å². The van der Waals surface area contributed by atoms with Crippen molar-refractivity contribution in [3.63, 3.8) is 0 Å². The van der Waals surface area contributed by atoms with Gasteiger partial charge in [-0.3, -0.25) is 4.79 Å². The topological polar surface area (TPSA) is 38.3 Å². The number of rotatable bonds is 1. The van der Waals surface area contributed by atoms with Gasteiger partial charge in [-0.25, -0.2) is 13.2 Å². The second-order valence-corrected chi connectivity index (χ2v) is 4.23. The molecule has 3 nitrogen and oxygen atoms in total. The molecule has 2 rings (SSSR count). The van der Waals surface area contributed by atoms with Crippen molar-refractivity contribution in [1.29, 1.82) is 0 Å². The number of halogens is 3. The summed E-state index contributed by atoms with van der Waals surface area (Å²) < 4.78 is 44.6. The fraction of sp³-hybridized carbons (Fsp3) is 0.417. The van der Waals surface area contributed by atoms with Gasteiger partial charge < -0.3 is 10.1 Å². The minimum Gasteiger partial charge on any atom is -0.362 e. The van der Waals surface area contributed by atoms with Gasteiger partial charge in [0.05, 0.1) is 12.1 Å². The third-order valence-corrected chi connectivity index (χ3v) is 2.85. The summed E-state index contributed by atoms with van der Waals surface area (Å²) >= 11 is 0. The molecule has 1 N–H and O–H groups in total. The van der Waals surface area contributed by atoms with E-state index in [2.05, 4.69) is 5.32 Å². The minimum atomic E-state index is -1.50. The van der Waals surface area contributed by atoms with Gasteiger partial charge in [-0.05, 0) is 31.1 Å². The lowest BCUT2D eigenvalue weighted by Gasteiger charge is -2.31. The van der Waals surface area contributed by atoms with E-state index < -0.39 is 23.6 Å². The first-order valence-corrected chi connectivity index (χ1v) is 5.51. The molecular formula is C12H12F3NO2. The molecule has 1 saturated heterocycles. The molecule has 1 heterocycles. The van der Waals surface area contributed by atoms with E-state index in [0.29, 0.717) is 5.57 Å². The van der Waals surface area contributed by atoms with Crippen molar-refractivity contribution in [2.24, 2.45) is 0 Å². The first-order valence-electron chi connectivity index (χ1n) is 5.51. The van der Waals surface area contributed by atoms with Crippen LogP contribution in [0.25, 0.3) is 0 Å². The summed E-state index contributed by atoms with van der Waals surface area (Å²) in [4.78, 5) is 11.1. The standard InChI is InChI=1S/C12H12F3NO2/c1-6-12(18-5-10(17)16-6)7-2-3-8(13)11(15)9(14)4-7/h3-4,6,12H,2,5H2,1H3,(H,16,17). The Kier molecular flexibility index (Phi) is 3.56. The van der Waals surface area contributed by atoms with E-state index >= 15 is 0 Å². The fourth-order valence-corrected chi connectivity index (χ4v) is 2.00. The molecule has 2 unspecified atom stereocenters. The molecule has 0 aromatic rings. The Morgan fingerprint density at radius 2 is 2.11 bits per heavy atom. The number of nitrogens with one attached hydrogen (secondary N) is 1. The third kappa shape index (κ3) is 2.48. The Hall–Kier alpha value is -1.56. The van der Waals surface area contributed by atoms with E-state index in [9.17, 15) is 18.0 Å². The lowest BCUT2D eigenvalue weighted by atomic mass is 9.99. The average Bonchev–Trinajstić information content (AvgIpc) is 2.43. The van der Waals surface area contributed by atoms with Crippen LogP contribution in [0.15, 0.2) is 35.2 Å². The number of morpholine rings is 1. The molecule has 0 spiro atoms. The number of hydrogen-bond acceptors (Lipinski definition) is 2. The Balaban J connectivity index is 2.24. The summed E-state index contributed by atoms with van der Waals surface area (Å²) in [6, 6.07) is -0.372. The summed E-state index contributed by atoms with van der Waals surface area (Å²) in [6.45, 7) is 1.54. The molecule has 2 atom stereocenters. The normalized spacial score (nSPS) is 29.4. The largest absolute Gasteiger partial charge is 0.362 e. The molecule has 0 radical (unpaired) electrons. The lowest BCUT2D eigenvalue weighted by Crippen LogP contribution is -2.50. The maximum absolute atomic E-state index is 13.3. The van der Waals surface area contributed by atoms with E-state index in [1.807, 2.05) is 0 Å². The molecule has 2 aliphatic rings. The summed E-state index contributed by atoms with van der Waals surface area (Å²) in [7, 11) is 0. The number of amides is 1. The van der Waals surface area contributed by atoms with Crippen LogP contribution in [0.5, 0.6) is 0 Å². The molecule has 1 aliphatic carbocycles. The number of carbonyl (C=O) groups is 1. The van der Waals surface area contributed by atoms with Crippen LogP contribution in [0.1, 0.15) is 13.3 Å². The van der Waals surface area contributed by atoms with Crippen molar-refractivity contribution in [3.8, 4) is 0 Å². The Morgan fingerprint density at radius 1 is 1.39 bits per heavy atom. The fourth-order valence-electron chi connectivity index (χ4n) is 2.00. The van der Waals surface area contributed by atoms with Crippen LogP contribution in [0, 0.1) is 0 Å². The van der Waals surface area contributed by atoms with Gasteiger partial charge in [0.25, 0.3) is 0 Å².